The Hall–Kier alpha value is -0.570. The molecule has 17 heavy (non-hydrogen) atoms. The summed E-state index contributed by atoms with van der Waals surface area (Å²) >= 11 is 0. The van der Waals surface area contributed by atoms with Crippen LogP contribution in [0.3, 0.4) is 0 Å². The smallest absolute Gasteiger partial charge is 0.222 e. The monoisotopic (exact) mass is 238 g/mol. The number of amides is 1. The molecule has 0 aromatic carbocycles. The van der Waals surface area contributed by atoms with Gasteiger partial charge < -0.3 is 10.2 Å². The highest BCUT2D eigenvalue weighted by Crippen LogP contribution is 2.23. The van der Waals surface area contributed by atoms with Gasteiger partial charge in [0.15, 0.2) is 0 Å². The highest BCUT2D eigenvalue weighted by Gasteiger charge is 2.27. The van der Waals surface area contributed by atoms with Crippen molar-refractivity contribution >= 4 is 5.91 Å². The van der Waals surface area contributed by atoms with Gasteiger partial charge in [0.05, 0.1) is 0 Å². The molecular formula is C14H26N2O. The summed E-state index contributed by atoms with van der Waals surface area (Å²) in [6.45, 7) is 5.48. The Labute approximate surface area is 105 Å². The van der Waals surface area contributed by atoms with E-state index in [1.807, 2.05) is 0 Å². The van der Waals surface area contributed by atoms with Crippen LogP contribution in [0.1, 0.15) is 51.9 Å². The minimum absolute atomic E-state index is 0.410. The maximum absolute atomic E-state index is 12.2. The zero-order chi connectivity index (χ0) is 12.1. The van der Waals surface area contributed by atoms with Crippen molar-refractivity contribution in [2.24, 2.45) is 5.92 Å². The molecule has 2 fully saturated rings. The van der Waals surface area contributed by atoms with Crippen LogP contribution in [0.5, 0.6) is 0 Å². The number of nitrogens with one attached hydrogen (secondary N) is 1. The minimum Gasteiger partial charge on any atom is -0.340 e. The second kappa shape index (κ2) is 6.39. The summed E-state index contributed by atoms with van der Waals surface area (Å²) in [4.78, 5) is 14.3. The Morgan fingerprint density at radius 1 is 1.29 bits per heavy atom. The average Bonchev–Trinajstić information content (AvgIpc) is 2.85. The molecule has 0 spiro atoms. The van der Waals surface area contributed by atoms with E-state index in [0.29, 0.717) is 11.9 Å². The van der Waals surface area contributed by atoms with Crippen molar-refractivity contribution in [1.82, 2.24) is 10.2 Å². The Morgan fingerprint density at radius 2 is 2.06 bits per heavy atom. The van der Waals surface area contributed by atoms with Gasteiger partial charge in [-0.1, -0.05) is 6.92 Å². The van der Waals surface area contributed by atoms with Crippen LogP contribution in [0, 0.1) is 5.92 Å². The van der Waals surface area contributed by atoms with Crippen LogP contribution < -0.4 is 5.32 Å². The van der Waals surface area contributed by atoms with Gasteiger partial charge in [0.25, 0.3) is 0 Å². The molecule has 2 heterocycles. The predicted molar refractivity (Wildman–Crippen MR) is 69.9 cm³/mol. The van der Waals surface area contributed by atoms with Gasteiger partial charge in [0.1, 0.15) is 0 Å². The summed E-state index contributed by atoms with van der Waals surface area (Å²) in [5.74, 6) is 1.19. The Kier molecular flexibility index (Phi) is 4.84. The molecule has 3 heteroatoms. The first kappa shape index (κ1) is 12.9. The first-order valence-corrected chi connectivity index (χ1v) is 7.31. The first-order valence-electron chi connectivity index (χ1n) is 7.31. The lowest BCUT2D eigenvalue weighted by Crippen LogP contribution is -2.35. The molecule has 0 bridgehead atoms. The van der Waals surface area contributed by atoms with E-state index in [2.05, 4.69) is 17.1 Å². The molecule has 2 saturated heterocycles. The Morgan fingerprint density at radius 3 is 2.76 bits per heavy atom. The molecule has 0 aromatic rings. The summed E-state index contributed by atoms with van der Waals surface area (Å²) in [5, 5.41) is 3.38. The standard InChI is InChI=1S/C14H26N2O/c1-2-13-4-3-11-16(13)14(17)6-5-12-7-9-15-10-8-12/h12-13,15H,2-11H2,1H3. The fourth-order valence-corrected chi connectivity index (χ4v) is 3.23. The van der Waals surface area contributed by atoms with Gasteiger partial charge in [-0.25, -0.2) is 0 Å². The van der Waals surface area contributed by atoms with Gasteiger partial charge in [-0.2, -0.15) is 0 Å². The number of carbonyl (C=O) groups excluding carboxylic acids is 1. The number of likely N-dealkylation sites (tertiary alicyclic amines) is 1. The molecule has 1 unspecified atom stereocenters. The van der Waals surface area contributed by atoms with Gasteiger partial charge in [-0.05, 0) is 57.5 Å². The molecular weight excluding hydrogens is 212 g/mol. The minimum atomic E-state index is 0.410. The van der Waals surface area contributed by atoms with Crippen LogP contribution in [-0.2, 0) is 4.79 Å². The summed E-state index contributed by atoms with van der Waals surface area (Å²) in [5.41, 5.74) is 0. The summed E-state index contributed by atoms with van der Waals surface area (Å²) in [7, 11) is 0. The van der Waals surface area contributed by atoms with Crippen LogP contribution in [0.4, 0.5) is 0 Å². The van der Waals surface area contributed by atoms with Crippen LogP contribution >= 0.6 is 0 Å². The fraction of sp³-hybridized carbons (Fsp3) is 0.929. The third-order valence-electron chi connectivity index (χ3n) is 4.39. The van der Waals surface area contributed by atoms with E-state index in [-0.39, 0.29) is 0 Å². The molecule has 98 valence electrons. The van der Waals surface area contributed by atoms with Crippen molar-refractivity contribution in [2.45, 2.75) is 57.9 Å². The lowest BCUT2D eigenvalue weighted by Gasteiger charge is -2.26. The quantitative estimate of drug-likeness (QED) is 0.814. The van der Waals surface area contributed by atoms with E-state index in [1.54, 1.807) is 0 Å². The first-order chi connectivity index (χ1) is 8.31. The normalized spacial score (nSPS) is 26.4. The molecule has 2 aliphatic heterocycles. The van der Waals surface area contributed by atoms with Gasteiger partial charge >= 0.3 is 0 Å². The molecule has 0 aromatic heterocycles. The number of nitrogens with zero attached hydrogens (tertiary/aromatic N) is 1. The number of rotatable bonds is 4. The van der Waals surface area contributed by atoms with Crippen molar-refractivity contribution in [3.8, 4) is 0 Å². The highest BCUT2D eigenvalue weighted by atomic mass is 16.2. The fourth-order valence-electron chi connectivity index (χ4n) is 3.23. The lowest BCUT2D eigenvalue weighted by molar-refractivity contribution is -0.132. The van der Waals surface area contributed by atoms with Gasteiger partial charge in [0, 0.05) is 19.0 Å². The van der Waals surface area contributed by atoms with Crippen molar-refractivity contribution in [3.05, 3.63) is 0 Å². The van der Waals surface area contributed by atoms with E-state index in [1.165, 1.54) is 25.7 Å². The SMILES string of the molecule is CCC1CCCN1C(=O)CCC1CCNCC1. The maximum Gasteiger partial charge on any atom is 0.222 e. The molecule has 3 nitrogen and oxygen atoms in total. The lowest BCUT2D eigenvalue weighted by atomic mass is 9.93. The molecule has 1 atom stereocenters. The molecule has 1 N–H and O–H groups in total. The Bertz CT molecular complexity index is 249. The van der Waals surface area contributed by atoms with E-state index in [4.69, 9.17) is 0 Å². The molecule has 1 amide bonds. The molecule has 2 aliphatic rings. The van der Waals surface area contributed by atoms with Gasteiger partial charge in [-0.15, -0.1) is 0 Å². The largest absolute Gasteiger partial charge is 0.340 e. The van der Waals surface area contributed by atoms with E-state index >= 15 is 0 Å². The predicted octanol–water partition coefficient (Wildman–Crippen LogP) is 2.17. The number of carbonyl (C=O) groups is 1. The van der Waals surface area contributed by atoms with Crippen molar-refractivity contribution in [2.75, 3.05) is 19.6 Å². The zero-order valence-corrected chi connectivity index (χ0v) is 11.1. The van der Waals surface area contributed by atoms with E-state index in [0.717, 1.165) is 44.8 Å². The molecule has 0 saturated carbocycles. The zero-order valence-electron chi connectivity index (χ0n) is 11.1. The molecule has 0 aliphatic carbocycles. The van der Waals surface area contributed by atoms with Crippen LogP contribution in [-0.4, -0.2) is 36.5 Å². The van der Waals surface area contributed by atoms with Crippen LogP contribution in [0.2, 0.25) is 0 Å². The number of hydrogen-bond acceptors (Lipinski definition) is 2. The summed E-state index contributed by atoms with van der Waals surface area (Å²) < 4.78 is 0. The highest BCUT2D eigenvalue weighted by molar-refractivity contribution is 5.76. The van der Waals surface area contributed by atoms with Crippen molar-refractivity contribution < 1.29 is 4.79 Å². The van der Waals surface area contributed by atoms with Crippen LogP contribution in [0.25, 0.3) is 0 Å². The van der Waals surface area contributed by atoms with E-state index < -0.39 is 0 Å². The third-order valence-corrected chi connectivity index (χ3v) is 4.39. The molecule has 2 rings (SSSR count). The third kappa shape index (κ3) is 3.44. The second-order valence-corrected chi connectivity index (χ2v) is 5.52. The van der Waals surface area contributed by atoms with Crippen molar-refractivity contribution in [1.29, 1.82) is 0 Å². The summed E-state index contributed by atoms with van der Waals surface area (Å²) in [6.07, 6.45) is 7.94. The van der Waals surface area contributed by atoms with Gasteiger partial charge in [-0.3, -0.25) is 4.79 Å². The second-order valence-electron chi connectivity index (χ2n) is 5.52. The average molecular weight is 238 g/mol. The maximum atomic E-state index is 12.2. The van der Waals surface area contributed by atoms with Crippen molar-refractivity contribution in [3.63, 3.8) is 0 Å². The Balaban J connectivity index is 1.72. The van der Waals surface area contributed by atoms with Crippen LogP contribution in [0.15, 0.2) is 0 Å². The topological polar surface area (TPSA) is 32.3 Å². The molecule has 0 radical (unpaired) electrons. The van der Waals surface area contributed by atoms with Gasteiger partial charge in [0.2, 0.25) is 5.91 Å². The number of hydrogen-bond donors (Lipinski definition) is 1. The number of piperidine rings is 1. The van der Waals surface area contributed by atoms with E-state index in [9.17, 15) is 4.79 Å². The summed E-state index contributed by atoms with van der Waals surface area (Å²) in [6, 6.07) is 0.538.